The van der Waals surface area contributed by atoms with Gasteiger partial charge in [-0.2, -0.15) is 0 Å². The standard InChI is InChI=1S/C22H18N4O4S2/c1-12-4-3-7-26-19(12)24-18(23-10-13-5-6-15-16(8-13)30-11-29-15)14(20(26)27)9-17-21(28)25(2)22(31)32-17/h3-9,23H,10-11H2,1-2H3/b17-9+. The summed E-state index contributed by atoms with van der Waals surface area (Å²) in [6.45, 7) is 2.50. The van der Waals surface area contributed by atoms with Crippen LogP contribution in [0.5, 0.6) is 11.5 Å². The van der Waals surface area contributed by atoms with Crippen LogP contribution in [0.1, 0.15) is 16.7 Å². The van der Waals surface area contributed by atoms with Gasteiger partial charge >= 0.3 is 0 Å². The summed E-state index contributed by atoms with van der Waals surface area (Å²) in [5.74, 6) is 1.53. The van der Waals surface area contributed by atoms with E-state index in [0.29, 0.717) is 44.3 Å². The van der Waals surface area contributed by atoms with Crippen molar-refractivity contribution in [3.05, 3.63) is 68.5 Å². The predicted octanol–water partition coefficient (Wildman–Crippen LogP) is 3.17. The van der Waals surface area contributed by atoms with Gasteiger partial charge in [0.25, 0.3) is 11.5 Å². The summed E-state index contributed by atoms with van der Waals surface area (Å²) in [4.78, 5) is 32.4. The highest BCUT2D eigenvalue weighted by molar-refractivity contribution is 8.26. The molecule has 0 bridgehead atoms. The van der Waals surface area contributed by atoms with Crippen molar-refractivity contribution in [1.82, 2.24) is 14.3 Å². The predicted molar refractivity (Wildman–Crippen MR) is 127 cm³/mol. The lowest BCUT2D eigenvalue weighted by atomic mass is 10.2. The van der Waals surface area contributed by atoms with E-state index in [1.807, 2.05) is 31.2 Å². The molecule has 1 aromatic carbocycles. The molecule has 2 aromatic heterocycles. The van der Waals surface area contributed by atoms with Crippen LogP contribution in [0.4, 0.5) is 5.82 Å². The van der Waals surface area contributed by atoms with Crippen molar-refractivity contribution in [2.45, 2.75) is 13.5 Å². The van der Waals surface area contributed by atoms with Crippen LogP contribution < -0.4 is 20.3 Å². The average Bonchev–Trinajstić information content (AvgIpc) is 3.35. The molecule has 0 saturated carbocycles. The number of carbonyl (C=O) groups is 1. The molecule has 5 rings (SSSR count). The van der Waals surface area contributed by atoms with E-state index >= 15 is 0 Å². The van der Waals surface area contributed by atoms with Crippen LogP contribution in [0.15, 0.2) is 46.2 Å². The van der Waals surface area contributed by atoms with Gasteiger partial charge in [-0.15, -0.1) is 0 Å². The molecule has 10 heteroatoms. The monoisotopic (exact) mass is 466 g/mol. The van der Waals surface area contributed by atoms with Gasteiger partial charge in [-0.25, -0.2) is 4.98 Å². The lowest BCUT2D eigenvalue weighted by Crippen LogP contribution is -2.23. The third-order valence-electron chi connectivity index (χ3n) is 5.24. The van der Waals surface area contributed by atoms with Crippen LogP contribution in [-0.4, -0.2) is 38.4 Å². The van der Waals surface area contributed by atoms with Gasteiger partial charge in [-0.3, -0.25) is 18.9 Å². The Morgan fingerprint density at radius 2 is 2.06 bits per heavy atom. The summed E-state index contributed by atoms with van der Waals surface area (Å²) in [5.41, 5.74) is 2.37. The second-order valence-electron chi connectivity index (χ2n) is 7.35. The molecule has 1 N–H and O–H groups in total. The van der Waals surface area contributed by atoms with Crippen LogP contribution in [0.3, 0.4) is 0 Å². The minimum absolute atomic E-state index is 0.203. The van der Waals surface area contributed by atoms with Crippen molar-refractivity contribution < 1.29 is 14.3 Å². The maximum absolute atomic E-state index is 13.4. The molecule has 4 heterocycles. The van der Waals surface area contributed by atoms with Gasteiger partial charge in [-0.1, -0.05) is 36.1 Å². The third kappa shape index (κ3) is 3.51. The molecular formula is C22H18N4O4S2. The molecule has 2 aliphatic heterocycles. The summed E-state index contributed by atoms with van der Waals surface area (Å²) in [5, 5.41) is 3.26. The number of nitrogens with zero attached hydrogens (tertiary/aromatic N) is 3. The summed E-state index contributed by atoms with van der Waals surface area (Å²) in [6, 6.07) is 9.34. The zero-order valence-corrected chi connectivity index (χ0v) is 18.9. The van der Waals surface area contributed by atoms with E-state index in [1.54, 1.807) is 25.4 Å². The lowest BCUT2D eigenvalue weighted by molar-refractivity contribution is -0.121. The number of likely N-dealkylation sites (N-methyl/N-ethyl adjacent to an activating group) is 1. The van der Waals surface area contributed by atoms with Crippen LogP contribution in [0.25, 0.3) is 11.7 Å². The number of thiocarbonyl (C=S) groups is 1. The topological polar surface area (TPSA) is 85.2 Å². The Kier molecular flexibility index (Phi) is 5.10. The van der Waals surface area contributed by atoms with Crippen molar-refractivity contribution in [3.63, 3.8) is 0 Å². The van der Waals surface area contributed by atoms with E-state index in [1.165, 1.54) is 21.1 Å². The second-order valence-corrected chi connectivity index (χ2v) is 9.02. The number of aromatic nitrogens is 2. The van der Waals surface area contributed by atoms with Gasteiger partial charge in [0.1, 0.15) is 15.8 Å². The fourth-order valence-electron chi connectivity index (χ4n) is 3.49. The van der Waals surface area contributed by atoms with E-state index in [4.69, 9.17) is 26.7 Å². The average molecular weight is 467 g/mol. The molecule has 1 amide bonds. The highest BCUT2D eigenvalue weighted by Crippen LogP contribution is 2.34. The summed E-state index contributed by atoms with van der Waals surface area (Å²) < 4.78 is 12.7. The van der Waals surface area contributed by atoms with E-state index in [-0.39, 0.29) is 18.3 Å². The summed E-state index contributed by atoms with van der Waals surface area (Å²) >= 11 is 6.38. The van der Waals surface area contributed by atoms with Gasteiger partial charge in [0.05, 0.1) is 10.5 Å². The Morgan fingerprint density at radius 3 is 2.84 bits per heavy atom. The number of rotatable bonds is 4. The SMILES string of the molecule is Cc1cccn2c(=O)c(/C=C3/SC(=S)N(C)C3=O)c(NCc3ccc4c(c3)OCO4)nc12. The zero-order valence-electron chi connectivity index (χ0n) is 17.2. The highest BCUT2D eigenvalue weighted by Gasteiger charge is 2.29. The minimum Gasteiger partial charge on any atom is -0.454 e. The van der Waals surface area contributed by atoms with Crippen LogP contribution >= 0.6 is 24.0 Å². The smallest absolute Gasteiger partial charge is 0.267 e. The van der Waals surface area contributed by atoms with Crippen molar-refractivity contribution in [2.75, 3.05) is 19.2 Å². The molecule has 3 aromatic rings. The number of benzene rings is 1. The fraction of sp³-hybridized carbons (Fsp3) is 0.182. The van der Waals surface area contributed by atoms with E-state index in [9.17, 15) is 9.59 Å². The quantitative estimate of drug-likeness (QED) is 0.464. The molecule has 0 aliphatic carbocycles. The number of carbonyl (C=O) groups excluding carboxylic acids is 1. The summed E-state index contributed by atoms with van der Waals surface area (Å²) in [7, 11) is 1.62. The normalized spacial score (nSPS) is 16.4. The molecule has 8 nitrogen and oxygen atoms in total. The number of nitrogens with one attached hydrogen (secondary N) is 1. The Morgan fingerprint density at radius 1 is 1.25 bits per heavy atom. The fourth-order valence-corrected chi connectivity index (χ4v) is 4.65. The molecule has 32 heavy (non-hydrogen) atoms. The number of hydrogen-bond donors (Lipinski definition) is 1. The van der Waals surface area contributed by atoms with E-state index in [2.05, 4.69) is 5.32 Å². The molecule has 1 fully saturated rings. The first-order valence-electron chi connectivity index (χ1n) is 9.78. The number of amides is 1. The maximum Gasteiger partial charge on any atom is 0.267 e. The maximum atomic E-state index is 13.4. The molecule has 0 atom stereocenters. The van der Waals surface area contributed by atoms with Crippen molar-refractivity contribution in [2.24, 2.45) is 0 Å². The Bertz CT molecular complexity index is 1380. The van der Waals surface area contributed by atoms with Crippen LogP contribution in [-0.2, 0) is 11.3 Å². The summed E-state index contributed by atoms with van der Waals surface area (Å²) in [6.07, 6.45) is 3.23. The van der Waals surface area contributed by atoms with Crippen LogP contribution in [0.2, 0.25) is 0 Å². The van der Waals surface area contributed by atoms with Gasteiger partial charge in [0, 0.05) is 19.8 Å². The first kappa shape index (κ1) is 20.5. The zero-order chi connectivity index (χ0) is 22.4. The number of pyridine rings is 1. The van der Waals surface area contributed by atoms with Crippen molar-refractivity contribution in [3.8, 4) is 11.5 Å². The molecule has 0 radical (unpaired) electrons. The highest BCUT2D eigenvalue weighted by atomic mass is 32.2. The first-order valence-corrected chi connectivity index (χ1v) is 11.0. The number of anilines is 1. The third-order valence-corrected chi connectivity index (χ3v) is 6.73. The number of fused-ring (bicyclic) bond motifs is 2. The molecule has 162 valence electrons. The molecule has 2 aliphatic rings. The Labute approximate surface area is 192 Å². The molecule has 1 saturated heterocycles. The molecule has 0 unspecified atom stereocenters. The van der Waals surface area contributed by atoms with Crippen molar-refractivity contribution >= 4 is 51.7 Å². The number of aryl methyl sites for hydroxylation is 1. The lowest BCUT2D eigenvalue weighted by Gasteiger charge is -2.12. The molecule has 0 spiro atoms. The van der Waals surface area contributed by atoms with E-state index in [0.717, 1.165) is 11.1 Å². The minimum atomic E-state index is -0.270. The van der Waals surface area contributed by atoms with Gasteiger partial charge < -0.3 is 14.8 Å². The number of thioether (sulfide) groups is 1. The van der Waals surface area contributed by atoms with Crippen molar-refractivity contribution in [1.29, 1.82) is 0 Å². The number of ether oxygens (including phenoxy) is 2. The largest absolute Gasteiger partial charge is 0.454 e. The van der Waals surface area contributed by atoms with Gasteiger partial charge in [0.2, 0.25) is 6.79 Å². The molecular weight excluding hydrogens is 448 g/mol. The number of hydrogen-bond acceptors (Lipinski definition) is 8. The van der Waals surface area contributed by atoms with E-state index < -0.39 is 0 Å². The van der Waals surface area contributed by atoms with Gasteiger partial charge in [-0.05, 0) is 42.3 Å². The Balaban J connectivity index is 1.58. The van der Waals surface area contributed by atoms with Crippen LogP contribution in [0, 0.1) is 6.92 Å². The van der Waals surface area contributed by atoms with Gasteiger partial charge in [0.15, 0.2) is 11.5 Å². The first-order chi connectivity index (χ1) is 15.4. The second kappa shape index (κ2) is 7.95. The Hall–Kier alpha value is -3.37.